The van der Waals surface area contributed by atoms with Crippen LogP contribution in [0.4, 0.5) is 11.4 Å². The summed E-state index contributed by atoms with van der Waals surface area (Å²) >= 11 is 5.14. The lowest BCUT2D eigenvalue weighted by Crippen LogP contribution is -2.19. The molecule has 0 atom stereocenters. The lowest BCUT2D eigenvalue weighted by atomic mass is 9.85. The number of nitro benzene ring substituents is 1. The first-order valence-corrected chi connectivity index (χ1v) is 15.4. The van der Waals surface area contributed by atoms with E-state index in [-0.39, 0.29) is 11.6 Å². The molecule has 0 bridgehead atoms. The lowest BCUT2D eigenvalue weighted by molar-refractivity contribution is -0.384. The molecule has 1 aliphatic rings. The molecule has 1 N–H and O–H groups in total. The minimum absolute atomic E-state index is 0.0409. The molecule has 6 aromatic rings. The van der Waals surface area contributed by atoms with Gasteiger partial charge >= 0.3 is 0 Å². The number of non-ortho nitro benzene ring substituents is 1. The minimum atomic E-state index is -0.393. The van der Waals surface area contributed by atoms with E-state index in [1.54, 1.807) is 23.5 Å². The number of halogens is 1. The van der Waals surface area contributed by atoms with Crippen molar-refractivity contribution in [2.24, 2.45) is 0 Å². The number of nitro groups is 1. The molecule has 0 aliphatic heterocycles. The molecule has 0 spiro atoms. The zero-order valence-electron chi connectivity index (χ0n) is 22.7. The van der Waals surface area contributed by atoms with Crippen molar-refractivity contribution in [2.75, 3.05) is 5.32 Å². The van der Waals surface area contributed by atoms with E-state index in [0.29, 0.717) is 11.3 Å². The van der Waals surface area contributed by atoms with Gasteiger partial charge in [-0.25, -0.2) is 9.97 Å². The Balaban J connectivity index is 1.23. The van der Waals surface area contributed by atoms with E-state index >= 15 is 0 Å². The Bertz CT molecular complexity index is 2100. The van der Waals surface area contributed by atoms with Gasteiger partial charge in [0.25, 0.3) is 11.6 Å². The van der Waals surface area contributed by atoms with Gasteiger partial charge in [-0.15, -0.1) is 11.3 Å². The molecule has 0 saturated carbocycles. The van der Waals surface area contributed by atoms with Crippen LogP contribution in [-0.4, -0.2) is 20.8 Å². The molecule has 2 aromatic heterocycles. The van der Waals surface area contributed by atoms with Gasteiger partial charge in [0.05, 0.1) is 31.9 Å². The van der Waals surface area contributed by atoms with E-state index in [1.807, 2.05) is 72.8 Å². The largest absolute Gasteiger partial charge is 0.322 e. The molecule has 0 unspecified atom stereocenters. The number of pyridine rings is 1. The van der Waals surface area contributed by atoms with Crippen LogP contribution in [0.5, 0.6) is 0 Å². The van der Waals surface area contributed by atoms with E-state index in [9.17, 15) is 14.9 Å². The van der Waals surface area contributed by atoms with Gasteiger partial charge in [-0.05, 0) is 90.6 Å². The molecule has 210 valence electrons. The van der Waals surface area contributed by atoms with E-state index in [0.717, 1.165) is 77.8 Å². The van der Waals surface area contributed by atoms with Gasteiger partial charge < -0.3 is 5.32 Å². The molecule has 7 rings (SSSR count). The number of para-hydroxylation sites is 1. The quantitative estimate of drug-likeness (QED) is 0.149. The topological polar surface area (TPSA) is 98.0 Å². The molecular weight excluding hydrogens is 624 g/mol. The third kappa shape index (κ3) is 5.33. The van der Waals surface area contributed by atoms with Gasteiger partial charge in [0.1, 0.15) is 5.01 Å². The van der Waals surface area contributed by atoms with Gasteiger partial charge in [0, 0.05) is 33.2 Å². The molecular formula is C34H23BrN4O3S. The monoisotopic (exact) mass is 646 g/mol. The maximum atomic E-state index is 13.9. The average molecular weight is 648 g/mol. The van der Waals surface area contributed by atoms with Crippen LogP contribution in [0.3, 0.4) is 0 Å². The van der Waals surface area contributed by atoms with Crippen LogP contribution in [0.1, 0.15) is 40.0 Å². The second kappa shape index (κ2) is 11.2. The predicted molar refractivity (Wildman–Crippen MR) is 176 cm³/mol. The van der Waals surface area contributed by atoms with Gasteiger partial charge in [0.2, 0.25) is 0 Å². The summed E-state index contributed by atoms with van der Waals surface area (Å²) in [5.74, 6) is -0.191. The molecule has 7 nitrogen and oxygen atoms in total. The van der Waals surface area contributed by atoms with Crippen LogP contribution in [-0.2, 0) is 6.42 Å². The van der Waals surface area contributed by atoms with Gasteiger partial charge in [-0.2, -0.15) is 0 Å². The second-order valence-electron chi connectivity index (χ2n) is 10.4. The summed E-state index contributed by atoms with van der Waals surface area (Å²) in [6.07, 6.45) is 4.29. The molecule has 4 aromatic carbocycles. The smallest absolute Gasteiger partial charge is 0.270 e. The average Bonchev–Trinajstić information content (AvgIpc) is 3.44. The lowest BCUT2D eigenvalue weighted by Gasteiger charge is -2.23. The molecule has 1 amide bonds. The minimum Gasteiger partial charge on any atom is -0.322 e. The summed E-state index contributed by atoms with van der Waals surface area (Å²) in [5.41, 5.74) is 7.39. The number of anilines is 1. The van der Waals surface area contributed by atoms with Crippen molar-refractivity contribution >= 4 is 77.3 Å². The highest BCUT2D eigenvalue weighted by atomic mass is 79.9. The number of nitrogens with zero attached hydrogens (tertiary/aromatic N) is 3. The van der Waals surface area contributed by atoms with Crippen LogP contribution < -0.4 is 5.32 Å². The van der Waals surface area contributed by atoms with Gasteiger partial charge in [-0.3, -0.25) is 14.9 Å². The number of hydrogen-bond acceptors (Lipinski definition) is 6. The van der Waals surface area contributed by atoms with Gasteiger partial charge in [-0.1, -0.05) is 46.3 Å². The first kappa shape index (κ1) is 27.1. The zero-order valence-corrected chi connectivity index (χ0v) is 25.1. The molecule has 0 radical (unpaired) electrons. The summed E-state index contributed by atoms with van der Waals surface area (Å²) in [5, 5.41) is 16.2. The predicted octanol–water partition coefficient (Wildman–Crippen LogP) is 9.31. The number of nitrogens with one attached hydrogen (secondary N) is 1. The number of hydrogen-bond donors (Lipinski definition) is 1. The third-order valence-electron chi connectivity index (χ3n) is 7.56. The molecule has 2 heterocycles. The van der Waals surface area contributed by atoms with Crippen molar-refractivity contribution in [3.63, 3.8) is 0 Å². The number of fused-ring (bicyclic) bond motifs is 3. The summed E-state index contributed by atoms with van der Waals surface area (Å²) < 4.78 is 2.11. The number of rotatable bonds is 5. The number of thiazole rings is 1. The van der Waals surface area contributed by atoms with Crippen LogP contribution in [0, 0.1) is 10.1 Å². The molecule has 0 saturated heterocycles. The van der Waals surface area contributed by atoms with Gasteiger partial charge in [0.15, 0.2) is 0 Å². The SMILES string of the molecule is O=C(Nc1ccc(-c2nc3cc(Br)ccc3s2)cc1)c1c2c(nc3ccccc13)/C(=C/c1cccc([N+](=O)[O-])c1)CCC2. The Hall–Kier alpha value is -4.73. The highest BCUT2D eigenvalue weighted by Crippen LogP contribution is 2.37. The first-order valence-electron chi connectivity index (χ1n) is 13.8. The number of aromatic nitrogens is 2. The van der Waals surface area contributed by atoms with Crippen molar-refractivity contribution in [3.05, 3.63) is 128 Å². The fourth-order valence-electron chi connectivity index (χ4n) is 5.58. The number of carbonyl (C=O) groups is 1. The first-order chi connectivity index (χ1) is 20.9. The number of amides is 1. The zero-order chi connectivity index (χ0) is 29.5. The standard InChI is InChI=1S/C34H23BrN4O3S/c35-23-13-16-30-29(19-23)38-34(43-30)21-11-14-24(15-12-21)36-33(40)31-26-8-1-2-10-28(26)37-32-22(6-4-9-27(31)32)17-20-5-3-7-25(18-20)39(41)42/h1-3,5,7-8,10-19H,4,6,9H2,(H,36,40)/b22-17+. The Morgan fingerprint density at radius 2 is 1.77 bits per heavy atom. The third-order valence-corrected chi connectivity index (χ3v) is 9.14. The Labute approximate surface area is 259 Å². The fourth-order valence-corrected chi connectivity index (χ4v) is 6.88. The van der Waals surface area contributed by atoms with Crippen molar-refractivity contribution in [1.82, 2.24) is 9.97 Å². The summed E-state index contributed by atoms with van der Waals surface area (Å²) in [4.78, 5) is 34.6. The van der Waals surface area contributed by atoms with Crippen molar-refractivity contribution < 1.29 is 9.72 Å². The van der Waals surface area contributed by atoms with E-state index in [1.165, 1.54) is 6.07 Å². The van der Waals surface area contributed by atoms with Crippen LogP contribution in [0.15, 0.2) is 95.5 Å². The van der Waals surface area contributed by atoms with Crippen LogP contribution in [0.25, 0.3) is 43.3 Å². The molecule has 43 heavy (non-hydrogen) atoms. The maximum absolute atomic E-state index is 13.9. The second-order valence-corrected chi connectivity index (χ2v) is 12.3. The summed E-state index contributed by atoms with van der Waals surface area (Å²) in [6, 6.07) is 28.1. The Kier molecular flexibility index (Phi) is 7.04. The molecule has 1 aliphatic carbocycles. The number of carbonyl (C=O) groups excluding carboxylic acids is 1. The molecule has 9 heteroatoms. The van der Waals surface area contributed by atoms with Crippen molar-refractivity contribution in [1.29, 1.82) is 0 Å². The summed E-state index contributed by atoms with van der Waals surface area (Å²) in [6.45, 7) is 0. The summed E-state index contributed by atoms with van der Waals surface area (Å²) in [7, 11) is 0. The van der Waals surface area contributed by atoms with Crippen molar-refractivity contribution in [2.45, 2.75) is 19.3 Å². The molecule has 0 fully saturated rings. The maximum Gasteiger partial charge on any atom is 0.270 e. The normalized spacial score (nSPS) is 13.7. The highest BCUT2D eigenvalue weighted by Gasteiger charge is 2.25. The number of benzene rings is 4. The fraction of sp³-hybridized carbons (Fsp3) is 0.0882. The van der Waals surface area contributed by atoms with Crippen LogP contribution in [0.2, 0.25) is 0 Å². The Morgan fingerprint density at radius 3 is 2.60 bits per heavy atom. The van der Waals surface area contributed by atoms with Crippen LogP contribution >= 0.6 is 27.3 Å². The van der Waals surface area contributed by atoms with E-state index in [2.05, 4.69) is 27.3 Å². The van der Waals surface area contributed by atoms with Crippen molar-refractivity contribution in [3.8, 4) is 10.6 Å². The van der Waals surface area contributed by atoms with E-state index in [4.69, 9.17) is 9.97 Å². The Morgan fingerprint density at radius 1 is 0.930 bits per heavy atom. The van der Waals surface area contributed by atoms with E-state index < -0.39 is 4.92 Å². The number of allylic oxidation sites excluding steroid dienone is 1. The highest BCUT2D eigenvalue weighted by molar-refractivity contribution is 9.10.